The molecule has 5 nitrogen and oxygen atoms in total. The van der Waals surface area contributed by atoms with Crippen LogP contribution in [-0.4, -0.2) is 16.0 Å². The van der Waals surface area contributed by atoms with Crippen molar-refractivity contribution >= 4 is 17.5 Å². The molecule has 2 rings (SSSR count). The van der Waals surface area contributed by atoms with Gasteiger partial charge >= 0.3 is 0 Å². The number of rotatable bonds is 4. The Morgan fingerprint density at radius 2 is 2.22 bits per heavy atom. The van der Waals surface area contributed by atoms with E-state index in [9.17, 15) is 4.79 Å². The van der Waals surface area contributed by atoms with Gasteiger partial charge in [0.05, 0.1) is 6.54 Å². The van der Waals surface area contributed by atoms with Gasteiger partial charge in [-0.05, 0) is 11.6 Å². The number of amides is 1. The zero-order valence-corrected chi connectivity index (χ0v) is 10.6. The molecule has 1 heterocycles. The molecule has 0 unspecified atom stereocenters. The number of hydrogen-bond donors (Lipinski definition) is 1. The Morgan fingerprint density at radius 1 is 1.44 bits per heavy atom. The highest BCUT2D eigenvalue weighted by molar-refractivity contribution is 6.31. The van der Waals surface area contributed by atoms with Gasteiger partial charge in [0.2, 0.25) is 11.8 Å². The number of carbonyl (C=O) groups is 1. The summed E-state index contributed by atoms with van der Waals surface area (Å²) in [7, 11) is 0. The molecule has 1 aromatic heterocycles. The maximum atomic E-state index is 10.7. The number of hydrogen-bond acceptors (Lipinski definition) is 4. The van der Waals surface area contributed by atoms with Crippen molar-refractivity contribution in [1.82, 2.24) is 15.5 Å². The van der Waals surface area contributed by atoms with Crippen molar-refractivity contribution in [3.63, 3.8) is 0 Å². The summed E-state index contributed by atoms with van der Waals surface area (Å²) >= 11 is 6.04. The lowest BCUT2D eigenvalue weighted by Gasteiger charge is -1.99. The zero-order valence-electron chi connectivity index (χ0n) is 9.81. The molecule has 1 aromatic carbocycles. The van der Waals surface area contributed by atoms with Crippen molar-refractivity contribution < 1.29 is 9.32 Å². The maximum Gasteiger partial charge on any atom is 0.246 e. The number of aromatic nitrogens is 2. The fourth-order valence-electron chi connectivity index (χ4n) is 1.45. The van der Waals surface area contributed by atoms with Gasteiger partial charge in [0.25, 0.3) is 0 Å². The van der Waals surface area contributed by atoms with Crippen LogP contribution in [0.3, 0.4) is 0 Å². The van der Waals surface area contributed by atoms with Crippen molar-refractivity contribution in [1.29, 1.82) is 0 Å². The van der Waals surface area contributed by atoms with E-state index in [1.165, 1.54) is 6.92 Å². The molecule has 0 fully saturated rings. The van der Waals surface area contributed by atoms with Crippen LogP contribution in [0.5, 0.6) is 0 Å². The average Bonchev–Trinajstić information content (AvgIpc) is 2.77. The minimum atomic E-state index is -0.138. The van der Waals surface area contributed by atoms with Gasteiger partial charge in [0, 0.05) is 18.4 Å². The second-order valence-electron chi connectivity index (χ2n) is 3.78. The third kappa shape index (κ3) is 3.30. The van der Waals surface area contributed by atoms with Crippen LogP contribution in [0, 0.1) is 0 Å². The largest absolute Gasteiger partial charge is 0.347 e. The van der Waals surface area contributed by atoms with Crippen LogP contribution in [0.4, 0.5) is 0 Å². The fraction of sp³-hybridized carbons (Fsp3) is 0.250. The maximum absolute atomic E-state index is 10.7. The van der Waals surface area contributed by atoms with Crippen molar-refractivity contribution in [2.24, 2.45) is 0 Å². The van der Waals surface area contributed by atoms with Gasteiger partial charge in [-0.1, -0.05) is 35.0 Å². The van der Waals surface area contributed by atoms with E-state index in [0.29, 0.717) is 23.2 Å². The van der Waals surface area contributed by atoms with Gasteiger partial charge in [-0.2, -0.15) is 4.98 Å². The number of nitrogens with one attached hydrogen (secondary N) is 1. The van der Waals surface area contributed by atoms with Crippen LogP contribution in [0.1, 0.15) is 24.2 Å². The summed E-state index contributed by atoms with van der Waals surface area (Å²) in [6, 6.07) is 7.49. The molecule has 1 amide bonds. The summed E-state index contributed by atoms with van der Waals surface area (Å²) in [5.74, 6) is 0.788. The van der Waals surface area contributed by atoms with E-state index in [4.69, 9.17) is 16.1 Å². The normalized spacial score (nSPS) is 10.3. The van der Waals surface area contributed by atoms with Crippen LogP contribution in [0.25, 0.3) is 0 Å². The molecular weight excluding hydrogens is 254 g/mol. The van der Waals surface area contributed by atoms with E-state index < -0.39 is 0 Å². The first kappa shape index (κ1) is 12.6. The van der Waals surface area contributed by atoms with Crippen LogP contribution in [-0.2, 0) is 17.8 Å². The number of benzene rings is 1. The second kappa shape index (κ2) is 5.64. The number of nitrogens with zero attached hydrogens (tertiary/aromatic N) is 2. The third-order valence-electron chi connectivity index (χ3n) is 2.31. The highest BCUT2D eigenvalue weighted by Gasteiger charge is 2.09. The van der Waals surface area contributed by atoms with Gasteiger partial charge in [-0.15, -0.1) is 0 Å². The van der Waals surface area contributed by atoms with Gasteiger partial charge in [0.15, 0.2) is 5.82 Å². The molecule has 0 aliphatic carbocycles. The highest BCUT2D eigenvalue weighted by atomic mass is 35.5. The van der Waals surface area contributed by atoms with Crippen molar-refractivity contribution in [2.45, 2.75) is 19.9 Å². The van der Waals surface area contributed by atoms with Gasteiger partial charge in [-0.25, -0.2) is 0 Å². The molecule has 0 atom stereocenters. The van der Waals surface area contributed by atoms with E-state index in [1.807, 2.05) is 24.3 Å². The predicted octanol–water partition coefficient (Wildman–Crippen LogP) is 1.95. The topological polar surface area (TPSA) is 68.0 Å². The van der Waals surface area contributed by atoms with Crippen molar-refractivity contribution in [3.8, 4) is 0 Å². The molecule has 2 aromatic rings. The van der Waals surface area contributed by atoms with Crippen molar-refractivity contribution in [3.05, 3.63) is 46.6 Å². The van der Waals surface area contributed by atoms with Crippen LogP contribution in [0.15, 0.2) is 28.8 Å². The second-order valence-corrected chi connectivity index (χ2v) is 4.19. The first-order valence-corrected chi connectivity index (χ1v) is 5.82. The zero-order chi connectivity index (χ0) is 13.0. The van der Waals surface area contributed by atoms with Crippen LogP contribution >= 0.6 is 11.6 Å². The van der Waals surface area contributed by atoms with Gasteiger partial charge in [0.1, 0.15) is 0 Å². The molecule has 94 valence electrons. The van der Waals surface area contributed by atoms with E-state index in [1.54, 1.807) is 0 Å². The third-order valence-corrected chi connectivity index (χ3v) is 2.67. The molecule has 0 saturated carbocycles. The van der Waals surface area contributed by atoms with Crippen molar-refractivity contribution in [2.75, 3.05) is 0 Å². The summed E-state index contributed by atoms with van der Waals surface area (Å²) in [6.07, 6.45) is 0.503. The predicted molar refractivity (Wildman–Crippen MR) is 66.1 cm³/mol. The Labute approximate surface area is 109 Å². The lowest BCUT2D eigenvalue weighted by atomic mass is 10.1. The van der Waals surface area contributed by atoms with Gasteiger partial charge < -0.3 is 9.84 Å². The van der Waals surface area contributed by atoms with Crippen LogP contribution in [0.2, 0.25) is 5.02 Å². The molecule has 0 aliphatic heterocycles. The fourth-order valence-corrected chi connectivity index (χ4v) is 1.65. The Bertz CT molecular complexity index is 554. The smallest absolute Gasteiger partial charge is 0.246 e. The first-order chi connectivity index (χ1) is 8.65. The van der Waals surface area contributed by atoms with Crippen LogP contribution < -0.4 is 5.32 Å². The summed E-state index contributed by atoms with van der Waals surface area (Å²) < 4.78 is 5.01. The summed E-state index contributed by atoms with van der Waals surface area (Å²) in [4.78, 5) is 14.9. The SMILES string of the molecule is CC(=O)NCc1nc(Cc2ccccc2Cl)no1. The minimum absolute atomic E-state index is 0.138. The Hall–Kier alpha value is -1.88. The molecule has 0 bridgehead atoms. The lowest BCUT2D eigenvalue weighted by molar-refractivity contribution is -0.119. The summed E-state index contributed by atoms with van der Waals surface area (Å²) in [5, 5.41) is 7.10. The quantitative estimate of drug-likeness (QED) is 0.917. The molecule has 0 saturated heterocycles. The molecular formula is C12H12ClN3O2. The van der Waals surface area contributed by atoms with E-state index in [2.05, 4.69) is 15.5 Å². The monoisotopic (exact) mass is 265 g/mol. The molecule has 0 radical (unpaired) electrons. The minimum Gasteiger partial charge on any atom is -0.347 e. The van der Waals surface area contributed by atoms with E-state index in [0.717, 1.165) is 5.56 Å². The molecule has 1 N–H and O–H groups in total. The molecule has 0 aliphatic rings. The lowest BCUT2D eigenvalue weighted by Crippen LogP contribution is -2.19. The Balaban J connectivity index is 2.02. The van der Waals surface area contributed by atoms with Gasteiger partial charge in [-0.3, -0.25) is 4.79 Å². The molecule has 18 heavy (non-hydrogen) atoms. The Morgan fingerprint density at radius 3 is 2.94 bits per heavy atom. The number of halogens is 1. The average molecular weight is 266 g/mol. The summed E-state index contributed by atoms with van der Waals surface area (Å²) in [5.41, 5.74) is 0.936. The highest BCUT2D eigenvalue weighted by Crippen LogP contribution is 2.17. The molecule has 6 heteroatoms. The van der Waals surface area contributed by atoms with E-state index in [-0.39, 0.29) is 12.5 Å². The summed E-state index contributed by atoms with van der Waals surface area (Å²) in [6.45, 7) is 1.67. The van der Waals surface area contributed by atoms with E-state index >= 15 is 0 Å². The molecule has 0 spiro atoms. The standard InChI is InChI=1S/C12H12ClN3O2/c1-8(17)14-7-12-15-11(16-18-12)6-9-4-2-3-5-10(9)13/h2-5H,6-7H2,1H3,(H,14,17). The first-order valence-electron chi connectivity index (χ1n) is 5.44. The Kier molecular flexibility index (Phi) is 3.94. The number of carbonyl (C=O) groups excluding carboxylic acids is 1.